The average molecular weight is 156 g/mol. The van der Waals surface area contributed by atoms with Crippen molar-refractivity contribution in [2.75, 3.05) is 7.11 Å². The Kier molecular flexibility index (Phi) is 1.83. The van der Waals surface area contributed by atoms with Gasteiger partial charge in [-0.25, -0.2) is 0 Å². The Bertz CT molecular complexity index is 172. The number of rotatable bonds is 2. The van der Waals surface area contributed by atoms with Gasteiger partial charge >= 0.3 is 0 Å². The maximum absolute atomic E-state index is 11.7. The second-order valence-electron chi connectivity index (χ2n) is 4.28. The van der Waals surface area contributed by atoms with Gasteiger partial charge in [0, 0.05) is 12.5 Å². The van der Waals surface area contributed by atoms with Crippen molar-refractivity contribution < 1.29 is 9.53 Å². The molecule has 0 aromatic heterocycles. The van der Waals surface area contributed by atoms with Crippen LogP contribution in [-0.4, -0.2) is 18.5 Å². The first-order chi connectivity index (χ1) is 4.92. The molecule has 0 N–H and O–H groups in total. The van der Waals surface area contributed by atoms with Crippen LogP contribution in [0.25, 0.3) is 0 Å². The first-order valence-electron chi connectivity index (χ1n) is 4.02. The molecule has 0 aromatic rings. The van der Waals surface area contributed by atoms with Crippen LogP contribution in [0.1, 0.15) is 33.6 Å². The highest BCUT2D eigenvalue weighted by Gasteiger charge is 2.53. The molecule has 0 radical (unpaired) electrons. The first kappa shape index (κ1) is 8.72. The molecule has 0 saturated heterocycles. The van der Waals surface area contributed by atoms with Crippen molar-refractivity contribution in [1.82, 2.24) is 0 Å². The Balaban J connectivity index is 2.69. The molecule has 0 heterocycles. The highest BCUT2D eigenvalue weighted by Crippen LogP contribution is 2.44. The molecule has 2 heteroatoms. The van der Waals surface area contributed by atoms with Crippen molar-refractivity contribution in [3.05, 3.63) is 0 Å². The molecule has 0 aliphatic heterocycles. The summed E-state index contributed by atoms with van der Waals surface area (Å²) in [7, 11) is 1.62. The lowest BCUT2D eigenvalue weighted by Crippen LogP contribution is -2.35. The van der Waals surface area contributed by atoms with Crippen LogP contribution >= 0.6 is 0 Å². The van der Waals surface area contributed by atoms with E-state index in [1.54, 1.807) is 7.11 Å². The third-order valence-corrected chi connectivity index (χ3v) is 2.19. The summed E-state index contributed by atoms with van der Waals surface area (Å²) in [5, 5.41) is 0. The molecule has 0 bridgehead atoms. The molecule has 0 atom stereocenters. The largest absolute Gasteiger partial charge is 0.370 e. The maximum Gasteiger partial charge on any atom is 0.169 e. The molecule has 11 heavy (non-hydrogen) atoms. The standard InChI is InChI=1S/C9H16O2/c1-8(2,3)7(10)9(11-4)5-6-9/h5-6H2,1-4H3. The Morgan fingerprint density at radius 1 is 1.36 bits per heavy atom. The zero-order valence-electron chi connectivity index (χ0n) is 7.73. The SMILES string of the molecule is COC1(C(=O)C(C)(C)C)CC1. The van der Waals surface area contributed by atoms with Gasteiger partial charge in [-0.15, -0.1) is 0 Å². The zero-order chi connectivity index (χ0) is 8.70. The fourth-order valence-electron chi connectivity index (χ4n) is 1.32. The zero-order valence-corrected chi connectivity index (χ0v) is 7.73. The summed E-state index contributed by atoms with van der Waals surface area (Å²) in [4.78, 5) is 11.7. The minimum absolute atomic E-state index is 0.243. The van der Waals surface area contributed by atoms with Crippen molar-refractivity contribution in [2.24, 2.45) is 5.41 Å². The normalized spacial score (nSPS) is 21.5. The topological polar surface area (TPSA) is 26.3 Å². The highest BCUT2D eigenvalue weighted by atomic mass is 16.5. The molecule has 0 unspecified atom stereocenters. The van der Waals surface area contributed by atoms with Gasteiger partial charge in [-0.1, -0.05) is 20.8 Å². The number of Topliss-reactive ketones (excluding diaryl/α,β-unsaturated/α-hetero) is 1. The van der Waals surface area contributed by atoms with Crippen LogP contribution in [0.15, 0.2) is 0 Å². The summed E-state index contributed by atoms with van der Waals surface area (Å²) >= 11 is 0. The summed E-state index contributed by atoms with van der Waals surface area (Å²) in [6.07, 6.45) is 1.80. The van der Waals surface area contributed by atoms with Crippen molar-refractivity contribution in [3.63, 3.8) is 0 Å². The van der Waals surface area contributed by atoms with Crippen LogP contribution < -0.4 is 0 Å². The Labute approximate surface area is 67.9 Å². The molecule has 1 aliphatic rings. The average Bonchev–Trinajstić information content (AvgIpc) is 2.64. The highest BCUT2D eigenvalue weighted by molar-refractivity contribution is 5.94. The van der Waals surface area contributed by atoms with E-state index in [4.69, 9.17) is 4.74 Å². The van der Waals surface area contributed by atoms with Crippen LogP contribution in [0, 0.1) is 5.41 Å². The molecule has 64 valence electrons. The molecule has 1 saturated carbocycles. The van der Waals surface area contributed by atoms with Crippen LogP contribution in [0.5, 0.6) is 0 Å². The summed E-state index contributed by atoms with van der Waals surface area (Å²) in [5.41, 5.74) is -0.662. The molecule has 0 aromatic carbocycles. The van der Waals surface area contributed by atoms with Gasteiger partial charge in [0.2, 0.25) is 0 Å². The third kappa shape index (κ3) is 1.45. The lowest BCUT2D eigenvalue weighted by atomic mass is 9.86. The molecule has 1 rings (SSSR count). The van der Waals surface area contributed by atoms with Gasteiger partial charge in [-0.3, -0.25) is 4.79 Å². The number of hydrogen-bond acceptors (Lipinski definition) is 2. The number of ketones is 1. The van der Waals surface area contributed by atoms with Crippen LogP contribution in [0.2, 0.25) is 0 Å². The molecule has 0 amide bonds. The quantitative estimate of drug-likeness (QED) is 0.609. The Hall–Kier alpha value is -0.370. The first-order valence-corrected chi connectivity index (χ1v) is 4.02. The number of hydrogen-bond donors (Lipinski definition) is 0. The molecular formula is C9H16O2. The number of carbonyl (C=O) groups excluding carboxylic acids is 1. The fraction of sp³-hybridized carbons (Fsp3) is 0.889. The van der Waals surface area contributed by atoms with Crippen molar-refractivity contribution in [2.45, 2.75) is 39.2 Å². The fourth-order valence-corrected chi connectivity index (χ4v) is 1.32. The molecule has 1 aliphatic carbocycles. The smallest absolute Gasteiger partial charge is 0.169 e. The minimum Gasteiger partial charge on any atom is -0.370 e. The minimum atomic E-state index is -0.405. The van der Waals surface area contributed by atoms with E-state index in [9.17, 15) is 4.79 Å². The van der Waals surface area contributed by atoms with Crippen LogP contribution in [-0.2, 0) is 9.53 Å². The van der Waals surface area contributed by atoms with Crippen molar-refractivity contribution in [1.29, 1.82) is 0 Å². The van der Waals surface area contributed by atoms with Gasteiger partial charge in [0.15, 0.2) is 5.78 Å². The number of carbonyl (C=O) groups is 1. The summed E-state index contributed by atoms with van der Waals surface area (Å²) < 4.78 is 5.19. The van der Waals surface area contributed by atoms with E-state index >= 15 is 0 Å². The van der Waals surface area contributed by atoms with Gasteiger partial charge < -0.3 is 4.74 Å². The van der Waals surface area contributed by atoms with E-state index in [0.717, 1.165) is 12.8 Å². The van der Waals surface area contributed by atoms with Crippen LogP contribution in [0.4, 0.5) is 0 Å². The summed E-state index contributed by atoms with van der Waals surface area (Å²) in [6, 6.07) is 0. The monoisotopic (exact) mass is 156 g/mol. The van der Waals surface area contributed by atoms with E-state index in [2.05, 4.69) is 0 Å². The molecule has 2 nitrogen and oxygen atoms in total. The van der Waals surface area contributed by atoms with E-state index in [0.29, 0.717) is 0 Å². The lowest BCUT2D eigenvalue weighted by molar-refractivity contribution is -0.139. The Morgan fingerprint density at radius 2 is 1.82 bits per heavy atom. The van der Waals surface area contributed by atoms with Crippen LogP contribution in [0.3, 0.4) is 0 Å². The van der Waals surface area contributed by atoms with E-state index in [-0.39, 0.29) is 11.2 Å². The number of ether oxygens (including phenoxy) is 1. The van der Waals surface area contributed by atoms with E-state index < -0.39 is 5.60 Å². The second kappa shape index (κ2) is 2.31. The predicted octanol–water partition coefficient (Wildman–Crippen LogP) is 1.78. The predicted molar refractivity (Wildman–Crippen MR) is 43.4 cm³/mol. The number of methoxy groups -OCH3 is 1. The molecule has 1 fully saturated rings. The van der Waals surface area contributed by atoms with E-state index in [1.165, 1.54) is 0 Å². The molecule has 0 spiro atoms. The Morgan fingerprint density at radius 3 is 1.91 bits per heavy atom. The van der Waals surface area contributed by atoms with Gasteiger partial charge in [-0.05, 0) is 12.8 Å². The second-order valence-corrected chi connectivity index (χ2v) is 4.28. The molecular weight excluding hydrogens is 140 g/mol. The lowest BCUT2D eigenvalue weighted by Gasteiger charge is -2.22. The van der Waals surface area contributed by atoms with Crippen molar-refractivity contribution >= 4 is 5.78 Å². The van der Waals surface area contributed by atoms with Gasteiger partial charge in [-0.2, -0.15) is 0 Å². The summed E-state index contributed by atoms with van der Waals surface area (Å²) in [5.74, 6) is 0.243. The third-order valence-electron chi connectivity index (χ3n) is 2.19. The van der Waals surface area contributed by atoms with E-state index in [1.807, 2.05) is 20.8 Å². The summed E-state index contributed by atoms with van der Waals surface area (Å²) in [6.45, 7) is 5.82. The van der Waals surface area contributed by atoms with Gasteiger partial charge in [0.25, 0.3) is 0 Å². The van der Waals surface area contributed by atoms with Gasteiger partial charge in [0.05, 0.1) is 0 Å². The van der Waals surface area contributed by atoms with Gasteiger partial charge in [0.1, 0.15) is 5.60 Å². The maximum atomic E-state index is 11.7. The van der Waals surface area contributed by atoms with Crippen molar-refractivity contribution in [3.8, 4) is 0 Å².